The minimum atomic E-state index is -5.01. The van der Waals surface area contributed by atoms with E-state index in [9.17, 15) is 38.9 Å². The molecule has 0 aliphatic carbocycles. The third-order valence-corrected chi connectivity index (χ3v) is 12.3. The maximum Gasteiger partial charge on any atom is 0.295 e. The summed E-state index contributed by atoms with van der Waals surface area (Å²) in [6, 6.07) is 19.8. The molecule has 14 heteroatoms. The van der Waals surface area contributed by atoms with Crippen molar-refractivity contribution in [3.05, 3.63) is 134 Å². The van der Waals surface area contributed by atoms with E-state index in [-0.39, 0.29) is 10.5 Å². The van der Waals surface area contributed by atoms with Gasteiger partial charge in [-0.3, -0.25) is 13.7 Å². The molecular weight excluding hydrogens is 737 g/mol. The third-order valence-electron chi connectivity index (χ3n) is 9.39. The van der Waals surface area contributed by atoms with Crippen LogP contribution in [0.2, 0.25) is 0 Å². The molecular formula is C39H42N2O9S3. The molecule has 0 aliphatic heterocycles. The lowest BCUT2D eigenvalue weighted by Gasteiger charge is -2.24. The van der Waals surface area contributed by atoms with E-state index < -0.39 is 46.1 Å². The van der Waals surface area contributed by atoms with E-state index in [1.54, 1.807) is 45.0 Å². The van der Waals surface area contributed by atoms with E-state index in [2.05, 4.69) is 22.8 Å². The van der Waals surface area contributed by atoms with Crippen molar-refractivity contribution in [3.63, 3.8) is 0 Å². The van der Waals surface area contributed by atoms with Crippen LogP contribution in [0.3, 0.4) is 0 Å². The number of aryl methyl sites for hydroxylation is 7. The third kappa shape index (κ3) is 8.33. The fourth-order valence-electron chi connectivity index (χ4n) is 7.11. The van der Waals surface area contributed by atoms with E-state index in [0.717, 1.165) is 51.3 Å². The molecule has 11 nitrogen and oxygen atoms in total. The van der Waals surface area contributed by atoms with Crippen molar-refractivity contribution in [2.24, 2.45) is 0 Å². The Morgan fingerprint density at radius 3 is 1.43 bits per heavy atom. The Balaban J connectivity index is 1.68. The van der Waals surface area contributed by atoms with Gasteiger partial charge < -0.3 is 10.6 Å². The Kier molecular flexibility index (Phi) is 10.7. The highest BCUT2D eigenvalue weighted by molar-refractivity contribution is 7.86. The van der Waals surface area contributed by atoms with Crippen molar-refractivity contribution in [1.29, 1.82) is 0 Å². The van der Waals surface area contributed by atoms with Gasteiger partial charge in [-0.05, 0) is 135 Å². The summed E-state index contributed by atoms with van der Waals surface area (Å²) in [5, 5.41) is 6.81. The summed E-state index contributed by atoms with van der Waals surface area (Å²) in [4.78, 5) is -1.57. The molecule has 0 spiro atoms. The first-order valence-corrected chi connectivity index (χ1v) is 20.8. The van der Waals surface area contributed by atoms with E-state index in [4.69, 9.17) is 0 Å². The lowest BCUT2D eigenvalue weighted by atomic mass is 9.83. The molecule has 0 heterocycles. The van der Waals surface area contributed by atoms with Gasteiger partial charge in [-0.2, -0.15) is 25.3 Å². The molecule has 1 atom stereocenters. The molecule has 0 radical (unpaired) electrons. The number of hydrogen-bond donors (Lipinski definition) is 5. The number of hydrogen-bond acceptors (Lipinski definition) is 8. The van der Waals surface area contributed by atoms with Gasteiger partial charge in [0.05, 0.1) is 9.79 Å². The summed E-state index contributed by atoms with van der Waals surface area (Å²) >= 11 is 0. The highest BCUT2D eigenvalue weighted by Crippen LogP contribution is 2.41. The lowest BCUT2D eigenvalue weighted by molar-refractivity contribution is 0.477. The van der Waals surface area contributed by atoms with E-state index in [0.29, 0.717) is 39.2 Å². The van der Waals surface area contributed by atoms with Crippen molar-refractivity contribution in [1.82, 2.24) is 0 Å². The standard InChI is InChI=1S/C39H42N2O9S3/c1-21-15-24(4)37(25(5)16-21)40-33-13-9-29(18-22(33)2)36(32-12-11-31(51(42,43)44)20-35(32)52(45,46)47)30-10-14-34(23(3)19-30)41-38-26(6)17-27(7)39(28(38)8)53(48,49)50/h9-20,36,40-41H,1-8H3,(H,42,43,44)(H,45,46,47)(H,48,49,50). The van der Waals surface area contributed by atoms with E-state index in [1.165, 1.54) is 6.07 Å². The van der Waals surface area contributed by atoms with Crippen molar-refractivity contribution in [2.45, 2.75) is 76.0 Å². The molecule has 0 saturated carbocycles. The summed E-state index contributed by atoms with van der Waals surface area (Å²) < 4.78 is 104. The van der Waals surface area contributed by atoms with Crippen LogP contribution in [0, 0.1) is 55.4 Å². The van der Waals surface area contributed by atoms with Crippen LogP contribution in [0.4, 0.5) is 22.7 Å². The van der Waals surface area contributed by atoms with Crippen molar-refractivity contribution in [3.8, 4) is 0 Å². The second-order valence-corrected chi connectivity index (χ2v) is 17.7. The first-order chi connectivity index (χ1) is 24.5. The monoisotopic (exact) mass is 778 g/mol. The van der Waals surface area contributed by atoms with Gasteiger partial charge in [0.2, 0.25) is 0 Å². The minimum absolute atomic E-state index is 0.0633. The highest BCUT2D eigenvalue weighted by atomic mass is 32.2. The summed E-state index contributed by atoms with van der Waals surface area (Å²) in [7, 11) is -14.3. The molecule has 0 aliphatic rings. The molecule has 0 bridgehead atoms. The zero-order valence-electron chi connectivity index (χ0n) is 30.5. The van der Waals surface area contributed by atoms with Gasteiger partial charge in [0.1, 0.15) is 4.90 Å². The van der Waals surface area contributed by atoms with Crippen LogP contribution < -0.4 is 10.6 Å². The molecule has 5 N–H and O–H groups in total. The molecule has 0 aromatic heterocycles. The number of rotatable bonds is 10. The van der Waals surface area contributed by atoms with Crippen LogP contribution >= 0.6 is 0 Å². The molecule has 0 amide bonds. The van der Waals surface area contributed by atoms with E-state index in [1.807, 2.05) is 52.8 Å². The van der Waals surface area contributed by atoms with Gasteiger partial charge in [0, 0.05) is 28.7 Å². The smallest absolute Gasteiger partial charge is 0.295 e. The molecule has 5 rings (SSSR count). The second-order valence-electron chi connectivity index (χ2n) is 13.6. The number of nitrogens with one attached hydrogen (secondary N) is 2. The molecule has 1 unspecified atom stereocenters. The van der Waals surface area contributed by atoms with Crippen molar-refractivity contribution < 1.29 is 38.9 Å². The Bertz CT molecular complexity index is 2610. The Morgan fingerprint density at radius 1 is 0.491 bits per heavy atom. The van der Waals surface area contributed by atoms with Crippen molar-refractivity contribution >= 4 is 53.1 Å². The van der Waals surface area contributed by atoms with Crippen LogP contribution in [-0.4, -0.2) is 38.9 Å². The van der Waals surface area contributed by atoms with Gasteiger partial charge in [0.15, 0.2) is 0 Å². The molecule has 5 aromatic carbocycles. The average molecular weight is 779 g/mol. The fourth-order valence-corrected chi connectivity index (χ4v) is 9.40. The predicted molar refractivity (Wildman–Crippen MR) is 207 cm³/mol. The van der Waals surface area contributed by atoms with Crippen LogP contribution in [0.15, 0.2) is 87.5 Å². The second kappa shape index (κ2) is 14.3. The summed E-state index contributed by atoms with van der Waals surface area (Å²) in [6.45, 7) is 14.8. The number of benzene rings is 5. The van der Waals surface area contributed by atoms with Gasteiger partial charge in [-0.25, -0.2) is 0 Å². The van der Waals surface area contributed by atoms with Gasteiger partial charge in [-0.1, -0.05) is 54.1 Å². The normalized spacial score (nSPS) is 12.8. The summed E-state index contributed by atoms with van der Waals surface area (Å²) in [6.07, 6.45) is 0. The molecule has 53 heavy (non-hydrogen) atoms. The first kappa shape index (κ1) is 39.6. The average Bonchev–Trinajstić information content (AvgIpc) is 3.01. The zero-order valence-corrected chi connectivity index (χ0v) is 33.0. The van der Waals surface area contributed by atoms with Crippen LogP contribution in [0.25, 0.3) is 0 Å². The summed E-state index contributed by atoms with van der Waals surface area (Å²) in [5.41, 5.74) is 10.4. The Hall–Kier alpha value is -4.57. The SMILES string of the molecule is Cc1cc(C)c(Nc2ccc(C(c3ccc(Nc4c(C)cc(C)c(S(=O)(=O)O)c4C)c(C)c3)c3ccc(S(=O)(=O)O)cc3S(=O)(=O)O)cc2C)c(C)c1. The zero-order chi connectivity index (χ0) is 39.4. The van der Waals surface area contributed by atoms with E-state index >= 15 is 0 Å². The Morgan fingerprint density at radius 2 is 0.981 bits per heavy atom. The van der Waals surface area contributed by atoms with Gasteiger partial charge >= 0.3 is 0 Å². The Labute approximate surface area is 311 Å². The first-order valence-electron chi connectivity index (χ1n) is 16.5. The summed E-state index contributed by atoms with van der Waals surface area (Å²) in [5.74, 6) is -0.861. The van der Waals surface area contributed by atoms with Crippen molar-refractivity contribution in [2.75, 3.05) is 10.6 Å². The van der Waals surface area contributed by atoms with Crippen LogP contribution in [-0.2, 0) is 30.4 Å². The molecule has 0 saturated heterocycles. The van der Waals surface area contributed by atoms with Gasteiger partial charge in [-0.15, -0.1) is 0 Å². The minimum Gasteiger partial charge on any atom is -0.355 e. The largest absolute Gasteiger partial charge is 0.355 e. The predicted octanol–water partition coefficient (Wildman–Crippen LogP) is 8.56. The molecule has 0 fully saturated rings. The van der Waals surface area contributed by atoms with Crippen LogP contribution in [0.5, 0.6) is 0 Å². The molecule has 280 valence electrons. The maximum absolute atomic E-state index is 12.8. The number of anilines is 4. The molecule has 5 aromatic rings. The topological polar surface area (TPSA) is 187 Å². The maximum atomic E-state index is 12.8. The van der Waals surface area contributed by atoms with Crippen LogP contribution in [0.1, 0.15) is 67.1 Å². The lowest BCUT2D eigenvalue weighted by Crippen LogP contribution is -2.13. The fraction of sp³-hybridized carbons (Fsp3) is 0.231. The highest BCUT2D eigenvalue weighted by Gasteiger charge is 2.28. The van der Waals surface area contributed by atoms with Gasteiger partial charge in [0.25, 0.3) is 30.4 Å². The quantitative estimate of drug-likeness (QED) is 0.0675.